The van der Waals surface area contributed by atoms with Crippen LogP contribution in [0.2, 0.25) is 0 Å². The number of fused-ring (bicyclic) bond motifs is 1. The van der Waals surface area contributed by atoms with Crippen molar-refractivity contribution in [1.82, 2.24) is 15.3 Å². The summed E-state index contributed by atoms with van der Waals surface area (Å²) in [6.07, 6.45) is 12.3. The van der Waals surface area contributed by atoms with Gasteiger partial charge in [0.25, 0.3) is 0 Å². The van der Waals surface area contributed by atoms with E-state index in [0.29, 0.717) is 0 Å². The van der Waals surface area contributed by atoms with Crippen molar-refractivity contribution in [3.8, 4) is 0 Å². The van der Waals surface area contributed by atoms with Gasteiger partial charge in [-0.15, -0.1) is 0 Å². The van der Waals surface area contributed by atoms with Crippen molar-refractivity contribution in [1.29, 1.82) is 0 Å². The van der Waals surface area contributed by atoms with Crippen LogP contribution < -0.4 is 5.32 Å². The highest BCUT2D eigenvalue weighted by Crippen LogP contribution is 2.31. The van der Waals surface area contributed by atoms with Crippen molar-refractivity contribution in [3.05, 3.63) is 47.8 Å². The maximum Gasteiger partial charge on any atom is 0.0937 e. The lowest BCUT2D eigenvalue weighted by molar-refractivity contribution is 0.631. The molecule has 1 aliphatic rings. The van der Waals surface area contributed by atoms with Gasteiger partial charge in [-0.25, -0.2) is 0 Å². The van der Waals surface area contributed by atoms with E-state index in [2.05, 4.69) is 33.5 Å². The molecule has 3 rings (SSSR count). The van der Waals surface area contributed by atoms with Crippen molar-refractivity contribution in [2.45, 2.75) is 38.1 Å². The molecule has 1 aliphatic carbocycles. The van der Waals surface area contributed by atoms with Gasteiger partial charge in [-0.3, -0.25) is 9.97 Å². The largest absolute Gasteiger partial charge is 0.310 e. The molecule has 2 aromatic rings. The first-order valence-corrected chi connectivity index (χ1v) is 7.46. The van der Waals surface area contributed by atoms with E-state index in [1.165, 1.54) is 43.2 Å². The smallest absolute Gasteiger partial charge is 0.0937 e. The number of nitrogens with zero attached hydrogens (tertiary/aromatic N) is 2. The second-order valence-corrected chi connectivity index (χ2v) is 5.37. The third-order valence-corrected chi connectivity index (χ3v) is 4.08. The van der Waals surface area contributed by atoms with E-state index >= 15 is 0 Å². The Morgan fingerprint density at radius 2 is 2.00 bits per heavy atom. The Kier molecular flexibility index (Phi) is 4.07. The summed E-state index contributed by atoms with van der Waals surface area (Å²) in [5, 5.41) is 3.47. The number of likely N-dealkylation sites (N-methyl/N-ethyl adjacent to an activating group) is 1. The zero-order valence-electron chi connectivity index (χ0n) is 12.0. The summed E-state index contributed by atoms with van der Waals surface area (Å²) < 4.78 is 0. The van der Waals surface area contributed by atoms with Crippen LogP contribution in [0, 0.1) is 0 Å². The van der Waals surface area contributed by atoms with Gasteiger partial charge in [-0.05, 0) is 38.8 Å². The maximum atomic E-state index is 4.54. The standard InChI is InChI=1S/C17H21N3/c1-18-16(13-7-4-2-3-5-8-13)14-9-6-10-15-17(14)20-12-11-19-15/h6-7,9-12,16,18H,2-5,8H2,1H3. The first-order valence-electron chi connectivity index (χ1n) is 7.46. The molecule has 3 nitrogen and oxygen atoms in total. The van der Waals surface area contributed by atoms with E-state index in [1.54, 1.807) is 12.4 Å². The van der Waals surface area contributed by atoms with E-state index in [0.717, 1.165) is 11.0 Å². The van der Waals surface area contributed by atoms with Crippen molar-refractivity contribution in [2.75, 3.05) is 7.05 Å². The van der Waals surface area contributed by atoms with Crippen molar-refractivity contribution >= 4 is 11.0 Å². The summed E-state index contributed by atoms with van der Waals surface area (Å²) in [7, 11) is 2.03. The van der Waals surface area contributed by atoms with E-state index in [4.69, 9.17) is 0 Å². The normalized spacial score (nSPS) is 17.6. The quantitative estimate of drug-likeness (QED) is 0.860. The molecule has 0 saturated heterocycles. The number of rotatable bonds is 3. The third-order valence-electron chi connectivity index (χ3n) is 4.08. The third kappa shape index (κ3) is 2.59. The summed E-state index contributed by atoms with van der Waals surface area (Å²) in [6, 6.07) is 6.53. The molecule has 0 aliphatic heterocycles. The molecular formula is C17H21N3. The lowest BCUT2D eigenvalue weighted by Crippen LogP contribution is -2.19. The monoisotopic (exact) mass is 267 g/mol. The van der Waals surface area contributed by atoms with E-state index < -0.39 is 0 Å². The lowest BCUT2D eigenvalue weighted by atomic mass is 9.94. The van der Waals surface area contributed by atoms with E-state index in [1.807, 2.05) is 13.1 Å². The second-order valence-electron chi connectivity index (χ2n) is 5.37. The van der Waals surface area contributed by atoms with Gasteiger partial charge in [0.1, 0.15) is 0 Å². The van der Waals surface area contributed by atoms with Gasteiger partial charge in [0, 0.05) is 18.0 Å². The maximum absolute atomic E-state index is 4.54. The number of para-hydroxylation sites is 1. The van der Waals surface area contributed by atoms with Gasteiger partial charge in [-0.2, -0.15) is 0 Å². The summed E-state index contributed by atoms with van der Waals surface area (Å²) in [6.45, 7) is 0. The highest BCUT2D eigenvalue weighted by atomic mass is 14.9. The molecule has 0 fully saturated rings. The van der Waals surface area contributed by atoms with Gasteiger partial charge in [0.15, 0.2) is 0 Å². The fourth-order valence-electron chi connectivity index (χ4n) is 3.09. The fraction of sp³-hybridized carbons (Fsp3) is 0.412. The Morgan fingerprint density at radius 1 is 1.10 bits per heavy atom. The van der Waals surface area contributed by atoms with Crippen molar-refractivity contribution < 1.29 is 0 Å². The first kappa shape index (κ1) is 13.3. The SMILES string of the molecule is CNC(C1=CCCCCC1)c1cccc2nccnc12. The molecule has 1 aromatic heterocycles. The van der Waals surface area contributed by atoms with E-state index in [-0.39, 0.29) is 6.04 Å². The number of allylic oxidation sites excluding steroid dienone is 1. The van der Waals surface area contributed by atoms with Crippen LogP contribution >= 0.6 is 0 Å². The topological polar surface area (TPSA) is 37.8 Å². The fourth-order valence-corrected chi connectivity index (χ4v) is 3.09. The van der Waals surface area contributed by atoms with Gasteiger partial charge in [-0.1, -0.05) is 30.2 Å². The lowest BCUT2D eigenvalue weighted by Gasteiger charge is -2.21. The summed E-state index contributed by atoms with van der Waals surface area (Å²) >= 11 is 0. The van der Waals surface area contributed by atoms with E-state index in [9.17, 15) is 0 Å². The Labute approximate surface area is 120 Å². The van der Waals surface area contributed by atoms with Gasteiger partial charge in [0.2, 0.25) is 0 Å². The molecule has 1 heterocycles. The number of hydrogen-bond donors (Lipinski definition) is 1. The Morgan fingerprint density at radius 3 is 2.90 bits per heavy atom. The average molecular weight is 267 g/mol. The molecule has 0 amide bonds. The summed E-state index contributed by atoms with van der Waals surface area (Å²) in [5.74, 6) is 0. The predicted octanol–water partition coefficient (Wildman–Crippen LogP) is 3.78. The van der Waals surface area contributed by atoms with Crippen molar-refractivity contribution in [3.63, 3.8) is 0 Å². The van der Waals surface area contributed by atoms with Crippen LogP contribution in [0.15, 0.2) is 42.2 Å². The molecule has 104 valence electrons. The highest BCUT2D eigenvalue weighted by molar-refractivity contribution is 5.78. The zero-order valence-corrected chi connectivity index (χ0v) is 12.0. The Balaban J connectivity index is 2.05. The minimum atomic E-state index is 0.258. The van der Waals surface area contributed by atoms with Crippen LogP contribution in [0.5, 0.6) is 0 Å². The zero-order chi connectivity index (χ0) is 13.8. The molecule has 1 unspecified atom stereocenters. The van der Waals surface area contributed by atoms with Gasteiger partial charge in [0.05, 0.1) is 17.1 Å². The minimum Gasteiger partial charge on any atom is -0.310 e. The molecule has 0 radical (unpaired) electrons. The summed E-state index contributed by atoms with van der Waals surface area (Å²) in [5.41, 5.74) is 4.73. The first-order chi connectivity index (χ1) is 9.90. The predicted molar refractivity (Wildman–Crippen MR) is 82.5 cm³/mol. The summed E-state index contributed by atoms with van der Waals surface area (Å²) in [4.78, 5) is 8.95. The molecule has 20 heavy (non-hydrogen) atoms. The molecule has 1 atom stereocenters. The Hall–Kier alpha value is -1.74. The minimum absolute atomic E-state index is 0.258. The molecule has 0 bridgehead atoms. The number of benzene rings is 1. The molecular weight excluding hydrogens is 246 g/mol. The number of hydrogen-bond acceptors (Lipinski definition) is 3. The molecule has 1 aromatic carbocycles. The van der Waals surface area contributed by atoms with Crippen molar-refractivity contribution in [2.24, 2.45) is 0 Å². The molecule has 0 saturated carbocycles. The van der Waals surface area contributed by atoms with Crippen LogP contribution in [-0.4, -0.2) is 17.0 Å². The molecule has 3 heteroatoms. The van der Waals surface area contributed by atoms with Crippen LogP contribution in [0.1, 0.15) is 43.7 Å². The van der Waals surface area contributed by atoms with Crippen LogP contribution in [-0.2, 0) is 0 Å². The van der Waals surface area contributed by atoms with Crippen LogP contribution in [0.3, 0.4) is 0 Å². The van der Waals surface area contributed by atoms with Gasteiger partial charge < -0.3 is 5.32 Å². The number of aromatic nitrogens is 2. The highest BCUT2D eigenvalue weighted by Gasteiger charge is 2.18. The van der Waals surface area contributed by atoms with Crippen LogP contribution in [0.4, 0.5) is 0 Å². The average Bonchev–Trinajstić information content (AvgIpc) is 2.78. The molecule has 1 N–H and O–H groups in total. The second kappa shape index (κ2) is 6.14. The van der Waals surface area contributed by atoms with Gasteiger partial charge >= 0.3 is 0 Å². The number of nitrogens with one attached hydrogen (secondary N) is 1. The van der Waals surface area contributed by atoms with Crippen LogP contribution in [0.25, 0.3) is 11.0 Å². The molecule has 0 spiro atoms. The Bertz CT molecular complexity index is 613.